The Labute approximate surface area is 119 Å². The summed E-state index contributed by atoms with van der Waals surface area (Å²) in [5.41, 5.74) is 7.48. The second kappa shape index (κ2) is 5.92. The molecule has 1 aromatic rings. The standard InChI is InChI=1S/C13H22ClN5/c1-3-10-13(14)11(18(2)17-10)8-19(9-4-5-9)7-6-12(15)16/h9H,3-8H2,1-2H3,(H3,15,16). The average Bonchev–Trinajstić information content (AvgIpc) is 3.15. The molecule has 1 aromatic heterocycles. The van der Waals surface area contributed by atoms with Gasteiger partial charge in [-0.25, -0.2) is 0 Å². The van der Waals surface area contributed by atoms with Gasteiger partial charge in [-0.2, -0.15) is 5.10 Å². The molecule has 1 aliphatic rings. The average molecular weight is 284 g/mol. The molecular formula is C13H22ClN5. The molecule has 1 heterocycles. The molecule has 5 nitrogen and oxygen atoms in total. The topological polar surface area (TPSA) is 70.9 Å². The predicted octanol–water partition coefficient (Wildman–Crippen LogP) is 1.93. The third kappa shape index (κ3) is 3.48. The first-order valence-electron chi connectivity index (χ1n) is 6.80. The Morgan fingerprint density at radius 2 is 2.26 bits per heavy atom. The summed E-state index contributed by atoms with van der Waals surface area (Å²) in [5.74, 6) is 0.246. The molecule has 0 bridgehead atoms. The third-order valence-electron chi connectivity index (χ3n) is 3.59. The Morgan fingerprint density at radius 3 is 2.74 bits per heavy atom. The Kier molecular flexibility index (Phi) is 4.47. The summed E-state index contributed by atoms with van der Waals surface area (Å²) in [4.78, 5) is 2.36. The molecule has 2 rings (SSSR count). The highest BCUT2D eigenvalue weighted by Gasteiger charge is 2.30. The zero-order valence-corrected chi connectivity index (χ0v) is 12.4. The van der Waals surface area contributed by atoms with Gasteiger partial charge in [-0.1, -0.05) is 18.5 Å². The molecule has 0 saturated heterocycles. The second-order valence-corrected chi connectivity index (χ2v) is 5.54. The van der Waals surface area contributed by atoms with Gasteiger partial charge in [-0.3, -0.25) is 15.0 Å². The van der Waals surface area contributed by atoms with E-state index in [-0.39, 0.29) is 5.84 Å². The van der Waals surface area contributed by atoms with Crippen molar-refractivity contribution in [1.82, 2.24) is 14.7 Å². The van der Waals surface area contributed by atoms with Crippen LogP contribution in [-0.2, 0) is 20.0 Å². The summed E-state index contributed by atoms with van der Waals surface area (Å²) in [5, 5.41) is 12.6. The number of nitrogens with two attached hydrogens (primary N) is 1. The summed E-state index contributed by atoms with van der Waals surface area (Å²) >= 11 is 6.38. The van der Waals surface area contributed by atoms with Crippen molar-refractivity contribution in [2.24, 2.45) is 12.8 Å². The minimum Gasteiger partial charge on any atom is -0.388 e. The molecule has 0 spiro atoms. The first-order chi connectivity index (χ1) is 9.02. The third-order valence-corrected chi connectivity index (χ3v) is 4.02. The van der Waals surface area contributed by atoms with Gasteiger partial charge in [0.25, 0.3) is 0 Å². The first kappa shape index (κ1) is 14.3. The molecule has 6 heteroatoms. The normalized spacial score (nSPS) is 15.2. The zero-order valence-electron chi connectivity index (χ0n) is 11.6. The fraction of sp³-hybridized carbons (Fsp3) is 0.692. The molecule has 1 saturated carbocycles. The number of halogens is 1. The summed E-state index contributed by atoms with van der Waals surface area (Å²) in [6.45, 7) is 3.68. The quantitative estimate of drug-likeness (QED) is 0.593. The lowest BCUT2D eigenvalue weighted by atomic mass is 10.2. The zero-order chi connectivity index (χ0) is 14.0. The molecule has 1 aliphatic carbocycles. The van der Waals surface area contributed by atoms with Crippen molar-refractivity contribution < 1.29 is 0 Å². The Balaban J connectivity index is 2.08. The van der Waals surface area contributed by atoms with Crippen LogP contribution in [0.15, 0.2) is 0 Å². The van der Waals surface area contributed by atoms with Crippen LogP contribution in [0, 0.1) is 5.41 Å². The van der Waals surface area contributed by atoms with E-state index in [1.165, 1.54) is 12.8 Å². The van der Waals surface area contributed by atoms with Gasteiger partial charge in [0, 0.05) is 32.6 Å². The highest BCUT2D eigenvalue weighted by molar-refractivity contribution is 6.31. The second-order valence-electron chi connectivity index (χ2n) is 5.16. The van der Waals surface area contributed by atoms with E-state index in [1.807, 2.05) is 11.7 Å². The molecule has 106 valence electrons. The molecule has 19 heavy (non-hydrogen) atoms. The Morgan fingerprint density at radius 1 is 1.58 bits per heavy atom. The van der Waals surface area contributed by atoms with E-state index in [4.69, 9.17) is 22.7 Å². The fourth-order valence-electron chi connectivity index (χ4n) is 2.28. The Bertz CT molecular complexity index is 464. The smallest absolute Gasteiger partial charge is 0.0918 e. The maximum absolute atomic E-state index is 7.35. The molecule has 1 fully saturated rings. The van der Waals surface area contributed by atoms with Gasteiger partial charge in [0.15, 0.2) is 0 Å². The minimum absolute atomic E-state index is 0.246. The molecule has 0 amide bonds. The van der Waals surface area contributed by atoms with E-state index in [2.05, 4.69) is 16.9 Å². The number of amidine groups is 1. The van der Waals surface area contributed by atoms with Crippen LogP contribution in [-0.4, -0.2) is 33.1 Å². The molecule has 0 atom stereocenters. The maximum atomic E-state index is 7.35. The van der Waals surface area contributed by atoms with Crippen LogP contribution in [0.1, 0.15) is 37.6 Å². The molecule has 0 aromatic carbocycles. The lowest BCUT2D eigenvalue weighted by Gasteiger charge is -2.21. The van der Waals surface area contributed by atoms with Gasteiger partial charge >= 0.3 is 0 Å². The minimum atomic E-state index is 0.246. The van der Waals surface area contributed by atoms with Gasteiger partial charge in [-0.05, 0) is 19.3 Å². The van der Waals surface area contributed by atoms with E-state index in [0.29, 0.717) is 12.5 Å². The summed E-state index contributed by atoms with van der Waals surface area (Å²) in [6.07, 6.45) is 3.93. The number of hydrogen-bond donors (Lipinski definition) is 2. The first-order valence-corrected chi connectivity index (χ1v) is 7.17. The van der Waals surface area contributed by atoms with Crippen LogP contribution in [0.25, 0.3) is 0 Å². The molecule has 3 N–H and O–H groups in total. The van der Waals surface area contributed by atoms with E-state index >= 15 is 0 Å². The van der Waals surface area contributed by atoms with E-state index < -0.39 is 0 Å². The van der Waals surface area contributed by atoms with Crippen molar-refractivity contribution in [3.63, 3.8) is 0 Å². The Hall–Kier alpha value is -1.07. The van der Waals surface area contributed by atoms with Crippen molar-refractivity contribution in [2.45, 2.75) is 45.2 Å². The van der Waals surface area contributed by atoms with Crippen LogP contribution in [0.4, 0.5) is 0 Å². The van der Waals surface area contributed by atoms with E-state index in [0.717, 1.165) is 35.9 Å². The highest BCUT2D eigenvalue weighted by Crippen LogP contribution is 2.30. The van der Waals surface area contributed by atoms with Crippen molar-refractivity contribution in [3.8, 4) is 0 Å². The summed E-state index contributed by atoms with van der Waals surface area (Å²) in [7, 11) is 1.94. The van der Waals surface area contributed by atoms with Crippen LogP contribution in [0.3, 0.4) is 0 Å². The van der Waals surface area contributed by atoms with Gasteiger partial charge in [0.05, 0.1) is 22.2 Å². The summed E-state index contributed by atoms with van der Waals surface area (Å²) in [6, 6.07) is 0.621. The number of aryl methyl sites for hydroxylation is 2. The lowest BCUT2D eigenvalue weighted by molar-refractivity contribution is 0.255. The number of aromatic nitrogens is 2. The number of hydrogen-bond acceptors (Lipinski definition) is 3. The fourth-order valence-corrected chi connectivity index (χ4v) is 2.63. The van der Waals surface area contributed by atoms with Crippen LogP contribution < -0.4 is 5.73 Å². The van der Waals surface area contributed by atoms with Gasteiger partial charge in [0.1, 0.15) is 0 Å². The monoisotopic (exact) mass is 283 g/mol. The predicted molar refractivity (Wildman–Crippen MR) is 77.6 cm³/mol. The van der Waals surface area contributed by atoms with Crippen LogP contribution in [0.2, 0.25) is 5.02 Å². The highest BCUT2D eigenvalue weighted by atomic mass is 35.5. The molecule has 0 aliphatic heterocycles. The number of rotatable bonds is 7. The molecule has 0 radical (unpaired) electrons. The molecule has 0 unspecified atom stereocenters. The maximum Gasteiger partial charge on any atom is 0.0918 e. The van der Waals surface area contributed by atoms with Crippen molar-refractivity contribution in [1.29, 1.82) is 5.41 Å². The van der Waals surface area contributed by atoms with E-state index in [1.54, 1.807) is 0 Å². The van der Waals surface area contributed by atoms with E-state index in [9.17, 15) is 0 Å². The lowest BCUT2D eigenvalue weighted by Crippen LogP contribution is -2.30. The van der Waals surface area contributed by atoms with Gasteiger partial charge in [0.2, 0.25) is 0 Å². The van der Waals surface area contributed by atoms with Crippen LogP contribution in [0.5, 0.6) is 0 Å². The number of nitrogens with zero attached hydrogens (tertiary/aromatic N) is 3. The largest absolute Gasteiger partial charge is 0.388 e. The van der Waals surface area contributed by atoms with Gasteiger partial charge in [-0.15, -0.1) is 0 Å². The summed E-state index contributed by atoms with van der Waals surface area (Å²) < 4.78 is 1.88. The van der Waals surface area contributed by atoms with Crippen LogP contribution >= 0.6 is 11.6 Å². The van der Waals surface area contributed by atoms with Crippen molar-refractivity contribution in [2.75, 3.05) is 6.54 Å². The molecular weight excluding hydrogens is 262 g/mol. The van der Waals surface area contributed by atoms with Crippen molar-refractivity contribution >= 4 is 17.4 Å². The number of nitrogens with one attached hydrogen (secondary N) is 1. The van der Waals surface area contributed by atoms with Crippen molar-refractivity contribution in [3.05, 3.63) is 16.4 Å². The van der Waals surface area contributed by atoms with Gasteiger partial charge < -0.3 is 5.73 Å². The SMILES string of the molecule is CCc1nn(C)c(CN(CCC(=N)N)C2CC2)c1Cl.